The molecule has 0 aliphatic rings. The number of rotatable bonds is 2. The number of nitrogens with one attached hydrogen (secondary N) is 1. The van der Waals surface area contributed by atoms with Crippen molar-refractivity contribution in [1.29, 1.82) is 0 Å². The minimum absolute atomic E-state index is 0. The largest absolute Gasteiger partial charge is 0.337 e. The quantitative estimate of drug-likeness (QED) is 0.605. The van der Waals surface area contributed by atoms with Gasteiger partial charge in [-0.25, -0.2) is 9.50 Å². The average molecular weight is 307 g/mol. The van der Waals surface area contributed by atoms with Crippen molar-refractivity contribution in [2.45, 2.75) is 20.8 Å². The van der Waals surface area contributed by atoms with Crippen LogP contribution in [0, 0.1) is 20.8 Å². The van der Waals surface area contributed by atoms with E-state index in [2.05, 4.69) is 72.1 Å². The molecule has 0 unspecified atom stereocenters. The summed E-state index contributed by atoms with van der Waals surface area (Å²) in [6.45, 7) is 6.28. The highest BCUT2D eigenvalue weighted by Gasteiger charge is 2.15. The van der Waals surface area contributed by atoms with Crippen molar-refractivity contribution in [3.8, 4) is 0 Å². The summed E-state index contributed by atoms with van der Waals surface area (Å²) in [5.41, 5.74) is 7.58. The molecule has 1 N–H and O–H groups in total. The zero-order chi connectivity index (χ0) is 16.1. The molecule has 0 fully saturated rings. The van der Waals surface area contributed by atoms with Gasteiger partial charge in [-0.2, -0.15) is 4.80 Å². The van der Waals surface area contributed by atoms with Gasteiger partial charge in [0.15, 0.2) is 5.82 Å². The van der Waals surface area contributed by atoms with Gasteiger partial charge in [0.25, 0.3) is 0 Å². The Morgan fingerprint density at radius 2 is 1.70 bits per heavy atom. The number of fused-ring (bicyclic) bond motifs is 3. The second-order valence-corrected chi connectivity index (χ2v) is 6.18. The molecule has 2 aromatic carbocycles. The van der Waals surface area contributed by atoms with Crippen LogP contribution in [-0.4, -0.2) is 19.4 Å². The van der Waals surface area contributed by atoms with E-state index >= 15 is 0 Å². The van der Waals surface area contributed by atoms with Crippen LogP contribution in [0.2, 0.25) is 0 Å². The molecule has 2 aromatic heterocycles. The van der Waals surface area contributed by atoms with Gasteiger partial charge < -0.3 is 5.32 Å². The molecule has 0 spiro atoms. The Hall–Kier alpha value is -2.82. The molecule has 118 valence electrons. The zero-order valence-electron chi connectivity index (χ0n) is 13.8. The fourth-order valence-corrected chi connectivity index (χ4v) is 3.08. The lowest BCUT2D eigenvalue weighted by Gasteiger charge is -2.19. The van der Waals surface area contributed by atoms with Gasteiger partial charge in [0.1, 0.15) is 0 Å². The van der Waals surface area contributed by atoms with Gasteiger partial charge in [-0.3, -0.25) is 0 Å². The first-order valence-corrected chi connectivity index (χ1v) is 7.69. The molecule has 0 bridgehead atoms. The highest BCUT2D eigenvalue weighted by molar-refractivity contribution is 5.84. The van der Waals surface area contributed by atoms with Crippen LogP contribution in [0.1, 0.15) is 18.1 Å². The van der Waals surface area contributed by atoms with Crippen LogP contribution in [0.5, 0.6) is 0 Å². The lowest BCUT2D eigenvalue weighted by molar-refractivity contribution is 0.539. The van der Waals surface area contributed by atoms with Gasteiger partial charge >= 0.3 is 0 Å². The molecule has 0 radical (unpaired) electrons. The van der Waals surface area contributed by atoms with Gasteiger partial charge in [-0.1, -0.05) is 12.1 Å². The summed E-state index contributed by atoms with van der Waals surface area (Å²) in [5, 5.41) is 7.90. The van der Waals surface area contributed by atoms with E-state index in [0.717, 1.165) is 28.2 Å². The third-order valence-corrected chi connectivity index (χ3v) is 4.02. The second kappa shape index (κ2) is 4.84. The Kier molecular flexibility index (Phi) is 2.91. The van der Waals surface area contributed by atoms with Crippen LogP contribution in [0.3, 0.4) is 0 Å². The van der Waals surface area contributed by atoms with E-state index in [9.17, 15) is 0 Å². The van der Waals surface area contributed by atoms with Crippen LogP contribution >= 0.6 is 0 Å². The maximum absolute atomic E-state index is 4.76. The first kappa shape index (κ1) is 13.8. The molecule has 0 amide bonds. The number of anilines is 2. The van der Waals surface area contributed by atoms with E-state index in [0.29, 0.717) is 0 Å². The molecular formula is C18H21N5. The van der Waals surface area contributed by atoms with Crippen molar-refractivity contribution >= 4 is 28.2 Å². The number of hydrogen-bond acceptors (Lipinski definition) is 3. The fraction of sp³-hybridized carbons (Fsp3) is 0.222. The average Bonchev–Trinajstić information content (AvgIpc) is 2.45. The molecule has 4 aromatic rings. The smallest absolute Gasteiger partial charge is 0.218 e. The number of nitrogens with zero attached hydrogens (tertiary/aromatic N) is 4. The third-order valence-electron chi connectivity index (χ3n) is 4.02. The molecule has 4 rings (SSSR count). The van der Waals surface area contributed by atoms with Crippen molar-refractivity contribution in [3.63, 3.8) is 0 Å². The first-order valence-electron chi connectivity index (χ1n) is 7.69. The molecule has 0 aliphatic carbocycles. The summed E-state index contributed by atoms with van der Waals surface area (Å²) >= 11 is 0. The Morgan fingerprint density at radius 1 is 0.957 bits per heavy atom. The minimum Gasteiger partial charge on any atom is -0.337 e. The lowest BCUT2D eigenvalue weighted by atomic mass is 10.1. The van der Waals surface area contributed by atoms with Gasteiger partial charge in [-0.05, 0) is 61.7 Å². The second-order valence-electron chi connectivity index (χ2n) is 6.18. The van der Waals surface area contributed by atoms with E-state index in [1.807, 2.05) is 11.8 Å². The Balaban J connectivity index is 0.00000169. The summed E-state index contributed by atoms with van der Waals surface area (Å²) in [6.07, 6.45) is 0. The maximum Gasteiger partial charge on any atom is 0.218 e. The van der Waals surface area contributed by atoms with Crippen molar-refractivity contribution in [1.82, 2.24) is 19.4 Å². The summed E-state index contributed by atoms with van der Waals surface area (Å²) in [7, 11) is 1.94. The monoisotopic (exact) mass is 307 g/mol. The van der Waals surface area contributed by atoms with Crippen LogP contribution in [0.15, 0.2) is 36.4 Å². The third kappa shape index (κ3) is 2.25. The molecule has 23 heavy (non-hydrogen) atoms. The Labute approximate surface area is 136 Å². The van der Waals surface area contributed by atoms with Crippen molar-refractivity contribution in [2.75, 3.05) is 5.32 Å². The SMILES string of the molecule is Cc1cc(C)cc(Nc2nc3ccc(C)cc3n3c2nn3C)c1.[HH]. The number of aromatic nitrogens is 4. The molecule has 5 nitrogen and oxygen atoms in total. The van der Waals surface area contributed by atoms with Crippen LogP contribution < -0.4 is 5.32 Å². The number of aryl methyl sites for hydroxylation is 4. The Morgan fingerprint density at radius 3 is 2.39 bits per heavy atom. The molecule has 5 heteroatoms. The van der Waals surface area contributed by atoms with Crippen molar-refractivity contribution < 1.29 is 1.43 Å². The van der Waals surface area contributed by atoms with E-state index in [-0.39, 0.29) is 1.43 Å². The fourth-order valence-electron chi connectivity index (χ4n) is 3.08. The summed E-state index contributed by atoms with van der Waals surface area (Å²) < 4.78 is 2.08. The molecule has 0 atom stereocenters. The highest BCUT2D eigenvalue weighted by Crippen LogP contribution is 2.26. The first-order chi connectivity index (χ1) is 11.0. The number of hydrogen-bond donors (Lipinski definition) is 1. The van der Waals surface area contributed by atoms with Crippen molar-refractivity contribution in [3.05, 3.63) is 53.1 Å². The van der Waals surface area contributed by atoms with E-state index in [1.165, 1.54) is 16.7 Å². The van der Waals surface area contributed by atoms with Gasteiger partial charge in [0.2, 0.25) is 5.65 Å². The topological polar surface area (TPSA) is 47.1 Å². The Bertz CT molecular complexity index is 1020. The predicted molar refractivity (Wildman–Crippen MR) is 95.5 cm³/mol. The van der Waals surface area contributed by atoms with E-state index < -0.39 is 0 Å². The normalized spacial score (nSPS) is 11.5. The zero-order valence-corrected chi connectivity index (χ0v) is 13.8. The minimum atomic E-state index is 0. The van der Waals surface area contributed by atoms with Crippen LogP contribution in [0.25, 0.3) is 16.7 Å². The van der Waals surface area contributed by atoms with Crippen LogP contribution in [-0.2, 0) is 7.05 Å². The molecule has 0 saturated heterocycles. The van der Waals surface area contributed by atoms with Gasteiger partial charge in [0.05, 0.1) is 11.0 Å². The van der Waals surface area contributed by atoms with Crippen molar-refractivity contribution in [2.24, 2.45) is 7.05 Å². The summed E-state index contributed by atoms with van der Waals surface area (Å²) in [6, 6.07) is 12.7. The summed E-state index contributed by atoms with van der Waals surface area (Å²) in [5.74, 6) is 0.782. The maximum atomic E-state index is 4.76. The summed E-state index contributed by atoms with van der Waals surface area (Å²) in [4.78, 5) is 6.60. The standard InChI is InChI=1S/C18H19N5.H2/c1-11-5-6-15-16(10-11)23-18(21-22(23)4)17(20-15)19-14-8-12(2)7-13(3)9-14;/h5-10H,1-4H3,(H,19,20);1H. The molecular weight excluding hydrogens is 286 g/mol. The molecule has 2 heterocycles. The van der Waals surface area contributed by atoms with E-state index in [1.54, 1.807) is 0 Å². The molecule has 0 saturated carbocycles. The highest BCUT2D eigenvalue weighted by atomic mass is 15.6. The van der Waals surface area contributed by atoms with Crippen LogP contribution in [0.4, 0.5) is 11.5 Å². The van der Waals surface area contributed by atoms with Gasteiger partial charge in [-0.15, -0.1) is 5.10 Å². The lowest BCUT2D eigenvalue weighted by Crippen LogP contribution is -2.20. The predicted octanol–water partition coefficient (Wildman–Crippen LogP) is 4.14. The van der Waals surface area contributed by atoms with E-state index in [4.69, 9.17) is 4.98 Å². The van der Waals surface area contributed by atoms with Gasteiger partial charge in [0, 0.05) is 14.2 Å². The molecule has 0 aliphatic heterocycles. The number of benzene rings is 2.